The van der Waals surface area contributed by atoms with Crippen molar-refractivity contribution in [2.75, 3.05) is 6.54 Å². The Labute approximate surface area is 101 Å². The first kappa shape index (κ1) is 12.7. The molecule has 2 nitrogen and oxygen atoms in total. The molecule has 0 spiro atoms. The van der Waals surface area contributed by atoms with Gasteiger partial charge in [0.15, 0.2) is 0 Å². The van der Waals surface area contributed by atoms with E-state index in [1.54, 1.807) is 0 Å². The van der Waals surface area contributed by atoms with Gasteiger partial charge in [-0.2, -0.15) is 0 Å². The summed E-state index contributed by atoms with van der Waals surface area (Å²) < 4.78 is 1.06. The van der Waals surface area contributed by atoms with Crippen molar-refractivity contribution in [3.63, 3.8) is 0 Å². The predicted molar refractivity (Wildman–Crippen MR) is 67.9 cm³/mol. The van der Waals surface area contributed by atoms with Gasteiger partial charge in [0.1, 0.15) is 0 Å². The lowest BCUT2D eigenvalue weighted by Gasteiger charge is -2.17. The highest BCUT2D eigenvalue weighted by molar-refractivity contribution is 9.10. The van der Waals surface area contributed by atoms with E-state index in [9.17, 15) is 0 Å². The Morgan fingerprint density at radius 1 is 1.40 bits per heavy atom. The number of nitrogens with one attached hydrogen (secondary N) is 1. The quantitative estimate of drug-likeness (QED) is 0.853. The Bertz CT molecular complexity index is 289. The van der Waals surface area contributed by atoms with Gasteiger partial charge in [-0.1, -0.05) is 26.7 Å². The summed E-state index contributed by atoms with van der Waals surface area (Å²) >= 11 is 3.46. The highest BCUT2D eigenvalue weighted by Crippen LogP contribution is 2.21. The van der Waals surface area contributed by atoms with Crippen LogP contribution in [0.3, 0.4) is 0 Å². The zero-order valence-corrected chi connectivity index (χ0v) is 11.0. The van der Waals surface area contributed by atoms with Gasteiger partial charge in [0, 0.05) is 22.9 Å². The van der Waals surface area contributed by atoms with Crippen molar-refractivity contribution < 1.29 is 0 Å². The molecule has 0 amide bonds. The lowest BCUT2D eigenvalue weighted by molar-refractivity contribution is 0.493. The van der Waals surface area contributed by atoms with E-state index in [0.717, 1.165) is 11.0 Å². The molecule has 0 bridgehead atoms. The molecule has 0 aliphatic rings. The molecule has 15 heavy (non-hydrogen) atoms. The molecule has 1 aromatic heterocycles. The maximum Gasteiger partial charge on any atom is 0.0410 e. The fourth-order valence-corrected chi connectivity index (χ4v) is 2.04. The van der Waals surface area contributed by atoms with E-state index in [1.807, 2.05) is 12.4 Å². The van der Waals surface area contributed by atoms with Crippen molar-refractivity contribution in [1.82, 2.24) is 10.3 Å². The van der Waals surface area contributed by atoms with Gasteiger partial charge in [0.25, 0.3) is 0 Å². The van der Waals surface area contributed by atoms with Crippen molar-refractivity contribution in [2.24, 2.45) is 0 Å². The first-order valence-corrected chi connectivity index (χ1v) is 6.41. The third-order valence-corrected chi connectivity index (χ3v) is 2.86. The minimum Gasteiger partial charge on any atom is -0.310 e. The van der Waals surface area contributed by atoms with Crippen molar-refractivity contribution in [1.29, 1.82) is 0 Å². The van der Waals surface area contributed by atoms with Crippen LogP contribution in [0.5, 0.6) is 0 Å². The summed E-state index contributed by atoms with van der Waals surface area (Å²) in [4.78, 5) is 4.21. The molecule has 1 rings (SSSR count). The van der Waals surface area contributed by atoms with E-state index in [1.165, 1.54) is 24.8 Å². The Kier molecular flexibility index (Phi) is 5.88. The van der Waals surface area contributed by atoms with Crippen LogP contribution < -0.4 is 5.32 Å². The number of rotatable bonds is 6. The van der Waals surface area contributed by atoms with Gasteiger partial charge in [-0.25, -0.2) is 0 Å². The molecule has 1 atom stereocenters. The van der Waals surface area contributed by atoms with Crippen LogP contribution in [0.1, 0.15) is 44.7 Å². The molecule has 0 aliphatic heterocycles. The SMILES string of the molecule is CCCCC(NCC)c1cncc(Br)c1. The van der Waals surface area contributed by atoms with Gasteiger partial charge in [-0.05, 0) is 40.5 Å². The maximum absolute atomic E-state index is 4.21. The average molecular weight is 271 g/mol. The van der Waals surface area contributed by atoms with Crippen LogP contribution in [-0.2, 0) is 0 Å². The Morgan fingerprint density at radius 2 is 2.20 bits per heavy atom. The first-order chi connectivity index (χ1) is 7.27. The third kappa shape index (κ3) is 4.31. The number of pyridine rings is 1. The zero-order valence-electron chi connectivity index (χ0n) is 9.46. The van der Waals surface area contributed by atoms with Crippen LogP contribution in [-0.4, -0.2) is 11.5 Å². The molecule has 84 valence electrons. The van der Waals surface area contributed by atoms with E-state index < -0.39 is 0 Å². The third-order valence-electron chi connectivity index (χ3n) is 2.43. The molecule has 0 fully saturated rings. The largest absolute Gasteiger partial charge is 0.310 e. The van der Waals surface area contributed by atoms with Crippen LogP contribution in [0, 0.1) is 0 Å². The highest BCUT2D eigenvalue weighted by atomic mass is 79.9. The second kappa shape index (κ2) is 6.96. The molecule has 0 aliphatic carbocycles. The topological polar surface area (TPSA) is 24.9 Å². The standard InChI is InChI=1S/C12H19BrN2/c1-3-5-6-12(15-4-2)10-7-11(13)9-14-8-10/h7-9,12,15H,3-6H2,1-2H3. The minimum absolute atomic E-state index is 0.444. The monoisotopic (exact) mass is 270 g/mol. The van der Waals surface area contributed by atoms with Crippen molar-refractivity contribution >= 4 is 15.9 Å². The van der Waals surface area contributed by atoms with Crippen LogP contribution in [0.2, 0.25) is 0 Å². The number of hydrogen-bond acceptors (Lipinski definition) is 2. The van der Waals surface area contributed by atoms with Gasteiger partial charge in [-0.15, -0.1) is 0 Å². The summed E-state index contributed by atoms with van der Waals surface area (Å²) in [5.41, 5.74) is 1.28. The second-order valence-corrected chi connectivity index (χ2v) is 4.60. The minimum atomic E-state index is 0.444. The maximum atomic E-state index is 4.21. The molecular formula is C12H19BrN2. The molecule has 0 saturated carbocycles. The normalized spacial score (nSPS) is 12.7. The lowest BCUT2D eigenvalue weighted by Crippen LogP contribution is -2.20. The van der Waals surface area contributed by atoms with Crippen LogP contribution >= 0.6 is 15.9 Å². The number of unbranched alkanes of at least 4 members (excludes halogenated alkanes) is 1. The predicted octanol–water partition coefficient (Wildman–Crippen LogP) is 3.68. The van der Waals surface area contributed by atoms with Gasteiger partial charge in [0.05, 0.1) is 0 Å². The smallest absolute Gasteiger partial charge is 0.0410 e. The van der Waals surface area contributed by atoms with Crippen LogP contribution in [0.15, 0.2) is 22.9 Å². The molecule has 0 aromatic carbocycles. The van der Waals surface area contributed by atoms with E-state index >= 15 is 0 Å². The summed E-state index contributed by atoms with van der Waals surface area (Å²) in [6, 6.07) is 2.59. The average Bonchev–Trinajstić information content (AvgIpc) is 2.24. The number of halogens is 1. The lowest BCUT2D eigenvalue weighted by atomic mass is 10.0. The molecule has 1 aromatic rings. The van der Waals surface area contributed by atoms with E-state index in [-0.39, 0.29) is 0 Å². The molecule has 1 unspecified atom stereocenters. The molecule has 3 heteroatoms. The summed E-state index contributed by atoms with van der Waals surface area (Å²) in [5.74, 6) is 0. The Morgan fingerprint density at radius 3 is 2.80 bits per heavy atom. The van der Waals surface area contributed by atoms with Gasteiger partial charge < -0.3 is 5.32 Å². The van der Waals surface area contributed by atoms with Crippen LogP contribution in [0.4, 0.5) is 0 Å². The fourth-order valence-electron chi connectivity index (χ4n) is 1.66. The van der Waals surface area contributed by atoms with Crippen molar-refractivity contribution in [3.8, 4) is 0 Å². The number of hydrogen-bond donors (Lipinski definition) is 1. The Balaban J connectivity index is 2.69. The van der Waals surface area contributed by atoms with Gasteiger partial charge in [0.2, 0.25) is 0 Å². The molecule has 1 heterocycles. The Hall–Kier alpha value is -0.410. The highest BCUT2D eigenvalue weighted by Gasteiger charge is 2.09. The van der Waals surface area contributed by atoms with Gasteiger partial charge in [-0.3, -0.25) is 4.98 Å². The number of nitrogens with zero attached hydrogens (tertiary/aromatic N) is 1. The van der Waals surface area contributed by atoms with Crippen molar-refractivity contribution in [2.45, 2.75) is 39.2 Å². The summed E-state index contributed by atoms with van der Waals surface area (Å²) in [6.07, 6.45) is 7.45. The van der Waals surface area contributed by atoms with Crippen molar-refractivity contribution in [3.05, 3.63) is 28.5 Å². The summed E-state index contributed by atoms with van der Waals surface area (Å²) in [6.45, 7) is 5.37. The second-order valence-electron chi connectivity index (χ2n) is 3.69. The summed E-state index contributed by atoms with van der Waals surface area (Å²) in [7, 11) is 0. The van der Waals surface area contributed by atoms with Gasteiger partial charge >= 0.3 is 0 Å². The van der Waals surface area contributed by atoms with E-state index in [0.29, 0.717) is 6.04 Å². The zero-order chi connectivity index (χ0) is 11.1. The summed E-state index contributed by atoms with van der Waals surface area (Å²) in [5, 5.41) is 3.50. The molecule has 1 N–H and O–H groups in total. The first-order valence-electron chi connectivity index (χ1n) is 5.61. The molecule has 0 saturated heterocycles. The van der Waals surface area contributed by atoms with Crippen LogP contribution in [0.25, 0.3) is 0 Å². The van der Waals surface area contributed by atoms with E-state index in [2.05, 4.69) is 46.1 Å². The number of aromatic nitrogens is 1. The molecule has 0 radical (unpaired) electrons. The van der Waals surface area contributed by atoms with E-state index in [4.69, 9.17) is 0 Å². The molecular weight excluding hydrogens is 252 g/mol. The fraction of sp³-hybridized carbons (Fsp3) is 0.583.